The normalized spacial score (nSPS) is 20.8. The molecule has 0 aromatic heterocycles. The number of hydrogen-bond acceptors (Lipinski definition) is 2. The number of hydrogen-bond donors (Lipinski definition) is 0. The molecule has 4 aromatic rings. The molecule has 1 heterocycles. The van der Waals surface area contributed by atoms with E-state index in [1.807, 2.05) is 0 Å². The van der Waals surface area contributed by atoms with Crippen LogP contribution in [0.2, 0.25) is 0 Å². The summed E-state index contributed by atoms with van der Waals surface area (Å²) in [4.78, 5) is 0. The fourth-order valence-corrected chi connectivity index (χ4v) is 5.84. The maximum atomic E-state index is 6.71. The minimum atomic E-state index is -0.236. The van der Waals surface area contributed by atoms with Gasteiger partial charge in [0.05, 0.1) is 0 Å². The van der Waals surface area contributed by atoms with E-state index in [0.717, 1.165) is 28.5 Å². The van der Waals surface area contributed by atoms with Crippen LogP contribution in [0.5, 0.6) is 11.5 Å². The van der Waals surface area contributed by atoms with Crippen molar-refractivity contribution in [3.8, 4) is 22.6 Å². The average Bonchev–Trinajstić information content (AvgIpc) is 3.02. The first-order chi connectivity index (χ1) is 15.8. The molecule has 0 bridgehead atoms. The molecule has 0 radical (unpaired) electrons. The van der Waals surface area contributed by atoms with E-state index in [1.54, 1.807) is 0 Å². The molecule has 6 rings (SSSR count). The Balaban J connectivity index is 0.00000228. The lowest BCUT2D eigenvalue weighted by Crippen LogP contribution is -2.35. The molecule has 164 valence electrons. The molecule has 1 fully saturated rings. The van der Waals surface area contributed by atoms with Crippen LogP contribution in [0.1, 0.15) is 46.9 Å². The zero-order chi connectivity index (χ0) is 21.5. The smallest absolute Gasteiger partial charge is 0.243 e. The highest BCUT2D eigenvalue weighted by Gasteiger charge is 2.34. The van der Waals surface area contributed by atoms with Gasteiger partial charge >= 0.3 is 0 Å². The molecule has 1 aliphatic carbocycles. The van der Waals surface area contributed by atoms with Crippen LogP contribution in [0.3, 0.4) is 0 Å². The van der Waals surface area contributed by atoms with Crippen molar-refractivity contribution in [2.75, 3.05) is 0 Å². The molecule has 2 nitrogen and oxygen atoms in total. The van der Waals surface area contributed by atoms with Crippen LogP contribution >= 0.6 is 0 Å². The van der Waals surface area contributed by atoms with E-state index in [1.165, 1.54) is 60.1 Å². The molecule has 1 aliphatic heterocycles. The van der Waals surface area contributed by atoms with E-state index in [4.69, 9.17) is 9.47 Å². The van der Waals surface area contributed by atoms with Crippen molar-refractivity contribution in [1.82, 2.24) is 0 Å². The second-order valence-electron chi connectivity index (χ2n) is 9.49. The molecule has 4 aromatic carbocycles. The van der Waals surface area contributed by atoms with Crippen molar-refractivity contribution in [2.45, 2.75) is 51.7 Å². The van der Waals surface area contributed by atoms with Crippen molar-refractivity contribution in [1.29, 1.82) is 0 Å². The molecule has 0 saturated heterocycles. The van der Waals surface area contributed by atoms with Gasteiger partial charge in [-0.3, -0.25) is 0 Å². The molecule has 32 heavy (non-hydrogen) atoms. The Morgan fingerprint density at radius 2 is 1.22 bits per heavy atom. The van der Waals surface area contributed by atoms with Gasteiger partial charge in [-0.25, -0.2) is 0 Å². The predicted octanol–water partition coefficient (Wildman–Crippen LogP) is 8.61. The fraction of sp³-hybridized carbons (Fsp3) is 0.333. The summed E-state index contributed by atoms with van der Waals surface area (Å²) in [6, 6.07) is 25.9. The quantitative estimate of drug-likeness (QED) is 0.328. The highest BCUT2D eigenvalue weighted by molar-refractivity contribution is 6.09. The van der Waals surface area contributed by atoms with Crippen molar-refractivity contribution < 1.29 is 10.9 Å². The molecule has 0 amide bonds. The van der Waals surface area contributed by atoms with Crippen molar-refractivity contribution in [3.63, 3.8) is 0 Å². The zero-order valence-electron chi connectivity index (χ0n) is 18.7. The lowest BCUT2D eigenvalue weighted by molar-refractivity contribution is -0.0532. The van der Waals surface area contributed by atoms with Crippen molar-refractivity contribution in [3.05, 3.63) is 72.8 Å². The Kier molecular flexibility index (Phi) is 5.02. The predicted molar refractivity (Wildman–Crippen MR) is 134 cm³/mol. The van der Waals surface area contributed by atoms with Gasteiger partial charge in [0.25, 0.3) is 0 Å². The van der Waals surface area contributed by atoms with Gasteiger partial charge in [0, 0.05) is 18.5 Å². The van der Waals surface area contributed by atoms with Gasteiger partial charge in [0.15, 0.2) is 0 Å². The average molecular weight is 425 g/mol. The second kappa shape index (κ2) is 8.16. The van der Waals surface area contributed by atoms with E-state index in [-0.39, 0.29) is 7.72 Å². The first-order valence-electron chi connectivity index (χ1n) is 12.2. The third-order valence-corrected chi connectivity index (χ3v) is 7.49. The largest absolute Gasteiger partial charge is 0.454 e. The minimum Gasteiger partial charge on any atom is -0.454 e. The highest BCUT2D eigenvalue weighted by Crippen LogP contribution is 2.49. The molecule has 2 aliphatic rings. The standard InChI is InChI=1S/C30H30O2.H2/c1-2-7-20-12-14-23(15-13-20)30-31-26-18-16-21-8-3-5-10-24(21)28(26)29-25-11-6-4-9-22(25)17-19-27(29)32-30;/h3-6,8-11,16-20,23,30H,2,7,12-15H2,1H3;1H. The Labute approximate surface area is 191 Å². The van der Waals surface area contributed by atoms with Crippen LogP contribution in [-0.2, 0) is 0 Å². The molecule has 0 unspecified atom stereocenters. The van der Waals surface area contributed by atoms with Crippen LogP contribution < -0.4 is 9.47 Å². The molecular formula is C30H32O2. The fourth-order valence-electron chi connectivity index (χ4n) is 5.84. The van der Waals surface area contributed by atoms with Crippen LogP contribution in [0, 0.1) is 11.8 Å². The van der Waals surface area contributed by atoms with Gasteiger partial charge in [-0.2, -0.15) is 0 Å². The number of ether oxygens (including phenoxy) is 2. The lowest BCUT2D eigenvalue weighted by Gasteiger charge is -2.33. The Bertz CT molecular complexity index is 1190. The monoisotopic (exact) mass is 424 g/mol. The molecule has 0 spiro atoms. The van der Waals surface area contributed by atoms with E-state index in [2.05, 4.69) is 79.7 Å². The van der Waals surface area contributed by atoms with E-state index < -0.39 is 0 Å². The van der Waals surface area contributed by atoms with Crippen LogP contribution in [-0.4, -0.2) is 6.29 Å². The van der Waals surface area contributed by atoms with Gasteiger partial charge in [0.1, 0.15) is 11.5 Å². The summed E-state index contributed by atoms with van der Waals surface area (Å²) in [5.41, 5.74) is 2.33. The first kappa shape index (κ1) is 19.7. The summed E-state index contributed by atoms with van der Waals surface area (Å²) in [6.07, 6.45) is 7.34. The third-order valence-electron chi connectivity index (χ3n) is 7.49. The van der Waals surface area contributed by atoms with Crippen LogP contribution in [0.4, 0.5) is 0 Å². The minimum absolute atomic E-state index is 0. The van der Waals surface area contributed by atoms with Crippen molar-refractivity contribution in [2.24, 2.45) is 11.8 Å². The lowest BCUT2D eigenvalue weighted by atomic mass is 9.80. The molecule has 2 heteroatoms. The highest BCUT2D eigenvalue weighted by atomic mass is 16.7. The summed E-state index contributed by atoms with van der Waals surface area (Å²) in [6.45, 7) is 2.30. The van der Waals surface area contributed by atoms with Gasteiger partial charge in [-0.15, -0.1) is 0 Å². The summed E-state index contributed by atoms with van der Waals surface area (Å²) in [5, 5.41) is 4.90. The van der Waals surface area contributed by atoms with Crippen LogP contribution in [0.25, 0.3) is 32.7 Å². The Morgan fingerprint density at radius 1 is 0.688 bits per heavy atom. The summed E-state index contributed by atoms with van der Waals surface area (Å²) >= 11 is 0. The Morgan fingerprint density at radius 3 is 1.75 bits per heavy atom. The maximum Gasteiger partial charge on any atom is 0.243 e. The SMILES string of the molecule is CCCC1CCC(C2Oc3ccc4ccccc4c3-c3c(ccc4ccccc34)O2)CC1.[HH]. The number of benzene rings is 4. The topological polar surface area (TPSA) is 18.5 Å². The molecule has 0 N–H and O–H groups in total. The van der Waals surface area contributed by atoms with Crippen molar-refractivity contribution >= 4 is 21.5 Å². The third kappa shape index (κ3) is 3.33. The molecular weight excluding hydrogens is 392 g/mol. The van der Waals surface area contributed by atoms with E-state index >= 15 is 0 Å². The van der Waals surface area contributed by atoms with Gasteiger partial charge in [0.2, 0.25) is 6.29 Å². The van der Waals surface area contributed by atoms with Gasteiger partial charge < -0.3 is 9.47 Å². The summed E-state index contributed by atoms with van der Waals surface area (Å²) < 4.78 is 13.4. The molecule has 0 atom stereocenters. The van der Waals surface area contributed by atoms with Gasteiger partial charge in [-0.1, -0.05) is 80.4 Å². The molecule has 1 saturated carbocycles. The van der Waals surface area contributed by atoms with E-state index in [9.17, 15) is 0 Å². The summed E-state index contributed by atoms with van der Waals surface area (Å²) in [5.74, 6) is 3.19. The zero-order valence-corrected chi connectivity index (χ0v) is 18.7. The van der Waals surface area contributed by atoms with Gasteiger partial charge in [-0.05, 0) is 65.3 Å². The number of fused-ring (bicyclic) bond motifs is 7. The first-order valence-corrected chi connectivity index (χ1v) is 12.2. The number of rotatable bonds is 3. The summed E-state index contributed by atoms with van der Waals surface area (Å²) in [7, 11) is 0. The maximum absolute atomic E-state index is 6.71. The second-order valence-corrected chi connectivity index (χ2v) is 9.49. The Hall–Kier alpha value is -3.00. The van der Waals surface area contributed by atoms with E-state index in [0.29, 0.717) is 5.92 Å². The van der Waals surface area contributed by atoms with Crippen LogP contribution in [0.15, 0.2) is 72.8 Å².